The third-order valence-corrected chi connectivity index (χ3v) is 4.47. The summed E-state index contributed by atoms with van der Waals surface area (Å²) in [6.45, 7) is 4.90. The Hall–Kier alpha value is -1.47. The lowest BCUT2D eigenvalue weighted by Gasteiger charge is -2.22. The van der Waals surface area contributed by atoms with Crippen LogP contribution in [0.3, 0.4) is 0 Å². The molecule has 116 valence electrons. The summed E-state index contributed by atoms with van der Waals surface area (Å²) in [4.78, 5) is 14.4. The molecule has 0 saturated carbocycles. The zero-order chi connectivity index (χ0) is 14.7. The highest BCUT2D eigenvalue weighted by molar-refractivity contribution is 5.91. The molecule has 21 heavy (non-hydrogen) atoms. The van der Waals surface area contributed by atoms with Crippen LogP contribution in [0.25, 0.3) is 0 Å². The van der Waals surface area contributed by atoms with Crippen LogP contribution in [0, 0.1) is 5.92 Å². The van der Waals surface area contributed by atoms with Crippen molar-refractivity contribution in [2.24, 2.45) is 5.92 Å². The molecule has 2 fully saturated rings. The number of amides is 1. The van der Waals surface area contributed by atoms with Crippen LogP contribution in [0.15, 0.2) is 6.20 Å². The van der Waals surface area contributed by atoms with Crippen LogP contribution < -0.4 is 10.6 Å². The molecule has 2 aliphatic rings. The van der Waals surface area contributed by atoms with E-state index in [2.05, 4.69) is 32.9 Å². The maximum absolute atomic E-state index is 12.1. The summed E-state index contributed by atoms with van der Waals surface area (Å²) >= 11 is 0. The maximum atomic E-state index is 12.1. The van der Waals surface area contributed by atoms with Gasteiger partial charge in [-0.2, -0.15) is 0 Å². The number of nitrogens with one attached hydrogen (secondary N) is 2. The molecule has 1 amide bonds. The fraction of sp³-hybridized carbons (Fsp3) is 0.786. The van der Waals surface area contributed by atoms with Crippen molar-refractivity contribution < 1.29 is 4.79 Å². The monoisotopic (exact) mass is 292 g/mol. The Balaban J connectivity index is 1.51. The zero-order valence-corrected chi connectivity index (χ0v) is 12.6. The first-order valence-electron chi connectivity index (χ1n) is 7.81. The van der Waals surface area contributed by atoms with Crippen LogP contribution in [0.4, 0.5) is 0 Å². The van der Waals surface area contributed by atoms with Gasteiger partial charge in [-0.3, -0.25) is 4.79 Å². The molecular weight excluding hydrogens is 268 g/mol. The molecule has 0 spiro atoms. The van der Waals surface area contributed by atoms with Gasteiger partial charge in [-0.25, -0.2) is 4.68 Å². The van der Waals surface area contributed by atoms with Crippen molar-refractivity contribution in [3.8, 4) is 0 Å². The molecule has 1 atom stereocenters. The largest absolute Gasteiger partial charge is 0.350 e. The third kappa shape index (κ3) is 3.59. The summed E-state index contributed by atoms with van der Waals surface area (Å²) in [7, 11) is 2.12. The number of rotatable bonds is 4. The van der Waals surface area contributed by atoms with Crippen LogP contribution in [0.2, 0.25) is 0 Å². The van der Waals surface area contributed by atoms with Crippen LogP contribution in [-0.2, 0) is 0 Å². The second-order valence-electron chi connectivity index (χ2n) is 6.19. The second-order valence-corrected chi connectivity index (χ2v) is 6.19. The highest BCUT2D eigenvalue weighted by Crippen LogP contribution is 2.17. The molecule has 0 bridgehead atoms. The van der Waals surface area contributed by atoms with Gasteiger partial charge in [-0.15, -0.1) is 5.10 Å². The second kappa shape index (κ2) is 6.53. The Morgan fingerprint density at radius 1 is 1.43 bits per heavy atom. The van der Waals surface area contributed by atoms with E-state index in [0.29, 0.717) is 17.7 Å². The molecule has 0 aromatic carbocycles. The van der Waals surface area contributed by atoms with Crippen molar-refractivity contribution in [2.75, 3.05) is 39.8 Å². The minimum Gasteiger partial charge on any atom is -0.350 e. The van der Waals surface area contributed by atoms with Crippen LogP contribution >= 0.6 is 0 Å². The molecule has 1 unspecified atom stereocenters. The van der Waals surface area contributed by atoms with Gasteiger partial charge in [0.25, 0.3) is 5.91 Å². The van der Waals surface area contributed by atoms with Crippen molar-refractivity contribution in [1.29, 1.82) is 0 Å². The standard InChI is InChI=1S/C14H24N6O/c1-19-7-4-11(9-19)8-16-14(21)13-10-20(18-17-13)12-2-5-15-6-3-12/h10-12,15H,2-9H2,1H3,(H,16,21). The quantitative estimate of drug-likeness (QED) is 0.809. The summed E-state index contributed by atoms with van der Waals surface area (Å²) in [5, 5.41) is 14.5. The summed E-state index contributed by atoms with van der Waals surface area (Å²) in [6.07, 6.45) is 5.02. The van der Waals surface area contributed by atoms with Gasteiger partial charge in [-0.1, -0.05) is 5.21 Å². The van der Waals surface area contributed by atoms with E-state index in [1.807, 2.05) is 4.68 Å². The average molecular weight is 292 g/mol. The zero-order valence-electron chi connectivity index (χ0n) is 12.6. The van der Waals surface area contributed by atoms with Crippen molar-refractivity contribution in [3.63, 3.8) is 0 Å². The van der Waals surface area contributed by atoms with E-state index in [9.17, 15) is 4.79 Å². The minimum atomic E-state index is -0.107. The topological polar surface area (TPSA) is 75.1 Å². The van der Waals surface area contributed by atoms with Gasteiger partial charge in [0.1, 0.15) is 0 Å². The van der Waals surface area contributed by atoms with E-state index in [-0.39, 0.29) is 5.91 Å². The van der Waals surface area contributed by atoms with Crippen LogP contribution in [0.1, 0.15) is 35.8 Å². The fourth-order valence-corrected chi connectivity index (χ4v) is 3.15. The third-order valence-electron chi connectivity index (χ3n) is 4.47. The van der Waals surface area contributed by atoms with Gasteiger partial charge in [-0.05, 0) is 51.9 Å². The van der Waals surface area contributed by atoms with Crippen LogP contribution in [0.5, 0.6) is 0 Å². The first-order chi connectivity index (χ1) is 10.2. The molecular formula is C14H24N6O. The van der Waals surface area contributed by atoms with E-state index in [1.165, 1.54) is 0 Å². The number of piperidine rings is 1. The van der Waals surface area contributed by atoms with Crippen LogP contribution in [-0.4, -0.2) is 65.6 Å². The molecule has 2 saturated heterocycles. The predicted molar refractivity (Wildman–Crippen MR) is 79.1 cm³/mol. The van der Waals surface area contributed by atoms with Gasteiger partial charge in [0.15, 0.2) is 5.69 Å². The smallest absolute Gasteiger partial charge is 0.273 e. The van der Waals surface area contributed by atoms with Gasteiger partial charge in [0, 0.05) is 13.1 Å². The fourth-order valence-electron chi connectivity index (χ4n) is 3.15. The first kappa shape index (κ1) is 14.5. The summed E-state index contributed by atoms with van der Waals surface area (Å²) in [6, 6.07) is 0.365. The molecule has 1 aromatic heterocycles. The Morgan fingerprint density at radius 2 is 2.24 bits per heavy atom. The first-order valence-corrected chi connectivity index (χ1v) is 7.81. The highest BCUT2D eigenvalue weighted by Gasteiger charge is 2.22. The van der Waals surface area contributed by atoms with Gasteiger partial charge >= 0.3 is 0 Å². The number of hydrogen-bond acceptors (Lipinski definition) is 5. The number of hydrogen-bond donors (Lipinski definition) is 2. The summed E-state index contributed by atoms with van der Waals surface area (Å²) < 4.78 is 1.85. The number of carbonyl (C=O) groups is 1. The summed E-state index contributed by atoms with van der Waals surface area (Å²) in [5.41, 5.74) is 0.430. The predicted octanol–water partition coefficient (Wildman–Crippen LogP) is -0.116. The minimum absolute atomic E-state index is 0.107. The lowest BCUT2D eigenvalue weighted by molar-refractivity contribution is 0.0942. The maximum Gasteiger partial charge on any atom is 0.273 e. The highest BCUT2D eigenvalue weighted by atomic mass is 16.2. The molecule has 2 N–H and O–H groups in total. The molecule has 7 nitrogen and oxygen atoms in total. The molecule has 3 rings (SSSR count). The van der Waals surface area contributed by atoms with Crippen molar-refractivity contribution in [3.05, 3.63) is 11.9 Å². The number of carbonyl (C=O) groups excluding carboxylic acids is 1. The van der Waals surface area contributed by atoms with E-state index in [4.69, 9.17) is 0 Å². The van der Waals surface area contributed by atoms with E-state index in [1.54, 1.807) is 6.20 Å². The normalized spacial score (nSPS) is 24.3. The number of aromatic nitrogens is 3. The lowest BCUT2D eigenvalue weighted by Crippen LogP contribution is -2.31. The Kier molecular flexibility index (Phi) is 4.50. The number of likely N-dealkylation sites (tertiary alicyclic amines) is 1. The Bertz CT molecular complexity index is 482. The Morgan fingerprint density at radius 3 is 2.95 bits per heavy atom. The Labute approximate surface area is 125 Å². The molecule has 2 aliphatic heterocycles. The molecule has 0 radical (unpaired) electrons. The van der Waals surface area contributed by atoms with E-state index in [0.717, 1.165) is 52.0 Å². The molecule has 1 aromatic rings. The van der Waals surface area contributed by atoms with Gasteiger partial charge < -0.3 is 15.5 Å². The van der Waals surface area contributed by atoms with E-state index < -0.39 is 0 Å². The molecule has 7 heteroatoms. The SMILES string of the molecule is CN1CCC(CNC(=O)c2cn(C3CCNCC3)nn2)C1. The summed E-state index contributed by atoms with van der Waals surface area (Å²) in [5.74, 6) is 0.447. The van der Waals surface area contributed by atoms with Crippen molar-refractivity contribution >= 4 is 5.91 Å². The van der Waals surface area contributed by atoms with Gasteiger partial charge in [0.05, 0.1) is 12.2 Å². The average Bonchev–Trinajstić information content (AvgIpc) is 3.15. The van der Waals surface area contributed by atoms with Crippen molar-refractivity contribution in [2.45, 2.75) is 25.3 Å². The van der Waals surface area contributed by atoms with Crippen molar-refractivity contribution in [1.82, 2.24) is 30.5 Å². The van der Waals surface area contributed by atoms with E-state index >= 15 is 0 Å². The molecule has 0 aliphatic carbocycles. The van der Waals surface area contributed by atoms with Gasteiger partial charge in [0.2, 0.25) is 0 Å². The number of nitrogens with zero attached hydrogens (tertiary/aromatic N) is 4. The lowest BCUT2D eigenvalue weighted by atomic mass is 10.1. The molecule has 3 heterocycles.